The van der Waals surface area contributed by atoms with Crippen molar-refractivity contribution in [1.82, 2.24) is 19.9 Å². The molecule has 0 saturated heterocycles. The first-order valence-corrected chi connectivity index (χ1v) is 10.1. The Morgan fingerprint density at radius 2 is 1.67 bits per heavy atom. The summed E-state index contributed by atoms with van der Waals surface area (Å²) in [7, 11) is 4.00. The highest BCUT2D eigenvalue weighted by molar-refractivity contribution is 6.67. The monoisotopic (exact) mass is 489 g/mol. The van der Waals surface area contributed by atoms with Gasteiger partial charge < -0.3 is 10.2 Å². The third kappa shape index (κ3) is 7.24. The van der Waals surface area contributed by atoms with Crippen molar-refractivity contribution in [3.63, 3.8) is 0 Å². The lowest BCUT2D eigenvalue weighted by atomic mass is 10.1. The molecule has 0 aliphatic heterocycles. The van der Waals surface area contributed by atoms with Crippen LogP contribution >= 0.6 is 69.6 Å². The van der Waals surface area contributed by atoms with Gasteiger partial charge in [0.25, 0.3) is 0 Å². The molecule has 1 N–H and O–H groups in total. The fraction of sp³-hybridized carbons (Fsp3) is 0.438. The zero-order valence-electron chi connectivity index (χ0n) is 14.5. The van der Waals surface area contributed by atoms with E-state index in [0.717, 1.165) is 13.0 Å². The van der Waals surface area contributed by atoms with E-state index in [1.807, 2.05) is 14.1 Å². The number of rotatable bonds is 6. The number of nitrogens with one attached hydrogen (secondary N) is 1. The predicted molar refractivity (Wildman–Crippen MR) is 115 cm³/mol. The van der Waals surface area contributed by atoms with Crippen LogP contribution in [0.15, 0.2) is 24.3 Å². The molecular formula is C16H17Cl6N5. The topological polar surface area (TPSA) is 53.9 Å². The Morgan fingerprint density at radius 1 is 0.963 bits per heavy atom. The zero-order chi connectivity index (χ0) is 20.2. The summed E-state index contributed by atoms with van der Waals surface area (Å²) in [6, 6.07) is 6.86. The van der Waals surface area contributed by atoms with Crippen molar-refractivity contribution < 1.29 is 0 Å². The highest BCUT2D eigenvalue weighted by atomic mass is 35.6. The van der Waals surface area contributed by atoms with Crippen molar-refractivity contribution in [1.29, 1.82) is 0 Å². The maximum absolute atomic E-state index is 5.98. The van der Waals surface area contributed by atoms with Crippen molar-refractivity contribution in [2.75, 3.05) is 32.5 Å². The molecule has 0 atom stereocenters. The van der Waals surface area contributed by atoms with E-state index in [1.54, 1.807) is 24.3 Å². The minimum Gasteiger partial charge on any atom is -0.354 e. The fourth-order valence-corrected chi connectivity index (χ4v) is 2.75. The molecule has 11 heteroatoms. The summed E-state index contributed by atoms with van der Waals surface area (Å²) < 4.78 is -3.38. The normalized spacial score (nSPS) is 12.5. The SMILES string of the molecule is CN(C)CCCNc1nc(-c2cccc(C(Cl)(Cl)Cl)c2)nc(C(Cl)(Cl)Cl)n1. The molecule has 0 bridgehead atoms. The van der Waals surface area contributed by atoms with Gasteiger partial charge >= 0.3 is 0 Å². The number of nitrogens with zero attached hydrogens (tertiary/aromatic N) is 4. The van der Waals surface area contributed by atoms with Crippen molar-refractivity contribution in [2.45, 2.75) is 14.0 Å². The van der Waals surface area contributed by atoms with Crippen LogP contribution in [0.1, 0.15) is 17.8 Å². The van der Waals surface area contributed by atoms with Gasteiger partial charge in [-0.15, -0.1) is 0 Å². The van der Waals surface area contributed by atoms with E-state index in [0.29, 0.717) is 29.4 Å². The summed E-state index contributed by atoms with van der Waals surface area (Å²) in [4.78, 5) is 14.9. The number of benzene rings is 1. The Hall–Kier alpha value is -0.270. The smallest absolute Gasteiger partial charge is 0.250 e. The first kappa shape index (κ1) is 23.0. The highest BCUT2D eigenvalue weighted by Crippen LogP contribution is 2.40. The van der Waals surface area contributed by atoms with Crippen molar-refractivity contribution >= 4 is 75.6 Å². The lowest BCUT2D eigenvalue weighted by molar-refractivity contribution is 0.405. The molecule has 2 rings (SSSR count). The Bertz CT molecular complexity index is 773. The van der Waals surface area contributed by atoms with E-state index >= 15 is 0 Å². The molecule has 148 valence electrons. The Morgan fingerprint density at radius 3 is 2.26 bits per heavy atom. The molecule has 27 heavy (non-hydrogen) atoms. The summed E-state index contributed by atoms with van der Waals surface area (Å²) in [5.41, 5.74) is 1.08. The average Bonchev–Trinajstić information content (AvgIpc) is 2.57. The number of hydrogen-bond donors (Lipinski definition) is 1. The van der Waals surface area contributed by atoms with Crippen molar-refractivity contribution in [3.05, 3.63) is 35.7 Å². The molecule has 0 aliphatic rings. The van der Waals surface area contributed by atoms with Gasteiger partial charge in [0, 0.05) is 17.7 Å². The molecule has 0 radical (unpaired) electrons. The van der Waals surface area contributed by atoms with Crippen LogP contribution < -0.4 is 5.32 Å². The van der Waals surface area contributed by atoms with Crippen LogP contribution in [0, 0.1) is 0 Å². The van der Waals surface area contributed by atoms with E-state index in [4.69, 9.17) is 69.6 Å². The van der Waals surface area contributed by atoms with Gasteiger partial charge in [-0.1, -0.05) is 87.8 Å². The van der Waals surface area contributed by atoms with Gasteiger partial charge in [0.1, 0.15) is 0 Å². The lowest BCUT2D eigenvalue weighted by Crippen LogP contribution is -2.18. The molecule has 1 heterocycles. The van der Waals surface area contributed by atoms with Crippen LogP contribution in [0.2, 0.25) is 0 Å². The molecular weight excluding hydrogens is 475 g/mol. The molecule has 2 aromatic rings. The minimum atomic E-state index is -1.80. The van der Waals surface area contributed by atoms with Gasteiger partial charge in [-0.2, -0.15) is 9.97 Å². The number of hydrogen-bond acceptors (Lipinski definition) is 5. The van der Waals surface area contributed by atoms with E-state index in [2.05, 4.69) is 25.2 Å². The zero-order valence-corrected chi connectivity index (χ0v) is 19.0. The average molecular weight is 492 g/mol. The summed E-state index contributed by atoms with van der Waals surface area (Å²) in [6.45, 7) is 1.56. The molecule has 1 aromatic heterocycles. The standard InChI is InChI=1S/C16H17Cl6N5/c1-27(2)8-4-7-23-14-25-12(24-13(26-14)16(20,21)22)10-5-3-6-11(9-10)15(17,18)19/h3,5-6,9H,4,7-8H2,1-2H3,(H,23,24,25,26). The molecule has 0 fully saturated rings. The van der Waals surface area contributed by atoms with Gasteiger partial charge in [0.15, 0.2) is 11.6 Å². The Labute approximate surface area is 188 Å². The van der Waals surface area contributed by atoms with E-state index in [1.165, 1.54) is 0 Å². The molecule has 0 spiro atoms. The second-order valence-corrected chi connectivity index (χ2v) is 10.5. The number of halogens is 6. The van der Waals surface area contributed by atoms with E-state index in [-0.39, 0.29) is 5.82 Å². The van der Waals surface area contributed by atoms with Crippen LogP contribution in [0.25, 0.3) is 11.4 Å². The first-order chi connectivity index (χ1) is 12.5. The summed E-state index contributed by atoms with van der Waals surface area (Å²) >= 11 is 35.8. The number of alkyl halides is 6. The maximum atomic E-state index is 5.98. The molecule has 0 aliphatic carbocycles. The molecule has 0 saturated carbocycles. The molecule has 1 aromatic carbocycles. The van der Waals surface area contributed by atoms with Crippen LogP contribution in [-0.2, 0) is 7.59 Å². The summed E-state index contributed by atoms with van der Waals surface area (Å²) in [5.74, 6) is 0.615. The second-order valence-electron chi connectivity index (χ2n) is 5.97. The molecule has 5 nitrogen and oxygen atoms in total. The van der Waals surface area contributed by atoms with Crippen molar-refractivity contribution in [2.24, 2.45) is 0 Å². The maximum Gasteiger partial charge on any atom is 0.250 e. The Balaban J connectivity index is 2.36. The largest absolute Gasteiger partial charge is 0.354 e. The van der Waals surface area contributed by atoms with Crippen molar-refractivity contribution in [3.8, 4) is 11.4 Å². The molecule has 0 unspecified atom stereocenters. The molecule has 0 amide bonds. The lowest BCUT2D eigenvalue weighted by Gasteiger charge is -2.15. The number of anilines is 1. The summed E-state index contributed by atoms with van der Waals surface area (Å²) in [5, 5.41) is 3.12. The first-order valence-electron chi connectivity index (χ1n) is 7.86. The highest BCUT2D eigenvalue weighted by Gasteiger charge is 2.29. The van der Waals surface area contributed by atoms with Crippen LogP contribution in [0.5, 0.6) is 0 Å². The van der Waals surface area contributed by atoms with Gasteiger partial charge in [0.2, 0.25) is 13.5 Å². The van der Waals surface area contributed by atoms with Crippen LogP contribution in [0.4, 0.5) is 5.95 Å². The second kappa shape index (κ2) is 9.49. The Kier molecular flexibility index (Phi) is 8.08. The predicted octanol–water partition coefficient (Wildman–Crippen LogP) is 5.56. The van der Waals surface area contributed by atoms with Gasteiger partial charge in [0.05, 0.1) is 0 Å². The third-order valence-electron chi connectivity index (χ3n) is 3.40. The van der Waals surface area contributed by atoms with Gasteiger partial charge in [-0.05, 0) is 33.1 Å². The van der Waals surface area contributed by atoms with Gasteiger partial charge in [-0.25, -0.2) is 4.98 Å². The van der Waals surface area contributed by atoms with E-state index < -0.39 is 7.59 Å². The quantitative estimate of drug-likeness (QED) is 0.423. The fourth-order valence-electron chi connectivity index (χ4n) is 2.14. The van der Waals surface area contributed by atoms with Crippen LogP contribution in [-0.4, -0.2) is 47.0 Å². The van der Waals surface area contributed by atoms with Gasteiger partial charge in [-0.3, -0.25) is 0 Å². The summed E-state index contributed by atoms with van der Waals surface area (Å²) in [6.07, 6.45) is 0.889. The minimum absolute atomic E-state index is 0.00639. The van der Waals surface area contributed by atoms with Crippen LogP contribution in [0.3, 0.4) is 0 Å². The number of aromatic nitrogens is 3. The van der Waals surface area contributed by atoms with E-state index in [9.17, 15) is 0 Å². The third-order valence-corrected chi connectivity index (χ3v) is 4.56.